The van der Waals surface area contributed by atoms with Crippen molar-refractivity contribution in [3.8, 4) is 11.1 Å². The molecule has 138 heavy (non-hydrogen) atoms. The maximum absolute atomic E-state index is 2.46. The molecule has 0 radical (unpaired) electrons. The summed E-state index contributed by atoms with van der Waals surface area (Å²) in [5.41, 5.74) is 29.4. The highest BCUT2D eigenvalue weighted by Gasteiger charge is 2.28. The van der Waals surface area contributed by atoms with Crippen molar-refractivity contribution in [3.05, 3.63) is 408 Å². The number of fused-ring (bicyclic) bond motifs is 2. The first-order valence-corrected chi connectivity index (χ1v) is 54.6. The summed E-state index contributed by atoms with van der Waals surface area (Å²) in [7, 11) is 0. The summed E-state index contributed by atoms with van der Waals surface area (Å²) >= 11 is 0. The number of rotatable bonds is 21. The maximum Gasteiger partial charge on any atom is 0.0540 e. The summed E-state index contributed by atoms with van der Waals surface area (Å²) in [6.07, 6.45) is 54.8. The second-order valence-electron chi connectivity index (χ2n) is 42.0. The summed E-state index contributed by atoms with van der Waals surface area (Å²) in [6.45, 7) is 0. The lowest BCUT2D eigenvalue weighted by atomic mass is 9.84. The van der Waals surface area contributed by atoms with E-state index in [0.717, 1.165) is 47.3 Å². The minimum Gasteiger partial charge on any atom is -0.311 e. The van der Waals surface area contributed by atoms with Crippen molar-refractivity contribution in [2.75, 3.05) is 19.6 Å². The van der Waals surface area contributed by atoms with Gasteiger partial charge >= 0.3 is 0 Å². The van der Waals surface area contributed by atoms with Crippen LogP contribution < -0.4 is 19.6 Å². The van der Waals surface area contributed by atoms with Crippen molar-refractivity contribution < 1.29 is 0 Å². The monoisotopic (exact) mass is 1810 g/mol. The van der Waals surface area contributed by atoms with Crippen LogP contribution in [-0.4, -0.2) is 0 Å². The molecule has 8 saturated carbocycles. The van der Waals surface area contributed by atoms with E-state index in [2.05, 4.69) is 384 Å². The average Bonchev–Trinajstić information content (AvgIpc) is 0.806. The predicted molar refractivity (Wildman–Crippen MR) is 592 cm³/mol. The molecule has 8 fully saturated rings. The van der Waals surface area contributed by atoms with Gasteiger partial charge in [0.2, 0.25) is 0 Å². The quantitative estimate of drug-likeness (QED) is 0.0711. The van der Waals surface area contributed by atoms with Crippen LogP contribution >= 0.6 is 0 Å². The number of para-hydroxylation sites is 1. The van der Waals surface area contributed by atoms with E-state index in [9.17, 15) is 0 Å². The minimum atomic E-state index is 0.733. The van der Waals surface area contributed by atoms with Crippen LogP contribution in [0.5, 0.6) is 0 Å². The van der Waals surface area contributed by atoms with Gasteiger partial charge in [0.05, 0.1) is 5.69 Å². The molecule has 0 atom stereocenters. The third-order valence-electron chi connectivity index (χ3n) is 33.1. The van der Waals surface area contributed by atoms with Gasteiger partial charge in [-0.15, -0.1) is 0 Å². The fourth-order valence-corrected chi connectivity index (χ4v) is 25.2. The Morgan fingerprint density at radius 1 is 0.130 bits per heavy atom. The fraction of sp³-hybridized carbons (Fsp3) is 0.358. The molecule has 8 aliphatic carbocycles. The Labute approximate surface area is 827 Å². The van der Waals surface area contributed by atoms with Crippen LogP contribution in [0.25, 0.3) is 32.7 Å². The Hall–Kier alpha value is -12.0. The molecule has 15 aromatic rings. The Bertz CT molecular complexity index is 5940. The molecule has 0 heterocycles. The number of anilines is 12. The standard InChI is InChI=1S/C36H39N.2C34H37N.C30H35N/c1-4-10-28(11-5-1)31-16-22-34(23-17-31)37(35-24-18-32(19-25-35)29-12-6-2-7-13-29)36-26-20-33(21-27-36)30-14-8-3-9-15-30;1-3-10-26(11-4-1)28-18-22-31(23-19-28)35(34-17-9-15-30-14-7-8-16-33(30)34)32-24-20-29(21-25-32)27-12-5-2-6-13-27;1-3-9-26(10-4-1)29-15-20-32(21-16-29)35(34-24-19-28-13-7-8-14-31(28)25-34)33-22-17-30(18-23-33)27-11-5-2-6-12-27;1-4-10-24(11-5-1)26-16-20-29(21-17-26)31(28-14-8-3-9-15-28)30-22-18-27(19-23-30)25-12-6-2-7-13-25/h1,4-5,10-11,16-27,29-30H,2-3,6-9,12-15H2;7-9,14-27H,1-6,10-13H2;7-8,13-27H,1-6,9-12H2;3,8-9,14-25H,1-2,4-7,10-13H2. The van der Waals surface area contributed by atoms with Crippen molar-refractivity contribution in [2.45, 2.75) is 304 Å². The lowest BCUT2D eigenvalue weighted by molar-refractivity contribution is 0.443. The van der Waals surface area contributed by atoms with Crippen molar-refractivity contribution in [1.29, 1.82) is 0 Å². The van der Waals surface area contributed by atoms with Gasteiger partial charge < -0.3 is 19.6 Å². The molecule has 704 valence electrons. The predicted octanol–water partition coefficient (Wildman–Crippen LogP) is 41.0. The molecule has 0 unspecified atom stereocenters. The molecule has 0 aliphatic heterocycles. The van der Waals surface area contributed by atoms with Crippen LogP contribution in [0.2, 0.25) is 0 Å². The first-order chi connectivity index (χ1) is 68.4. The lowest BCUT2D eigenvalue weighted by Crippen LogP contribution is -2.12. The first kappa shape index (κ1) is 93.7. The van der Waals surface area contributed by atoms with E-state index in [4.69, 9.17) is 0 Å². The second kappa shape index (κ2) is 47.1. The number of hydrogen-bond donors (Lipinski definition) is 0. The highest BCUT2D eigenvalue weighted by atomic mass is 15.2. The van der Waals surface area contributed by atoms with Crippen molar-refractivity contribution >= 4 is 89.8 Å². The summed E-state index contributed by atoms with van der Waals surface area (Å²) in [5, 5.41) is 5.15. The summed E-state index contributed by atoms with van der Waals surface area (Å²) in [4.78, 5) is 9.71. The number of nitrogens with zero attached hydrogens (tertiary/aromatic N) is 4. The smallest absolute Gasteiger partial charge is 0.0540 e. The van der Waals surface area contributed by atoms with E-state index in [1.54, 1.807) is 0 Å². The number of benzene rings is 15. The third-order valence-corrected chi connectivity index (χ3v) is 33.1. The van der Waals surface area contributed by atoms with Crippen LogP contribution in [0.4, 0.5) is 68.2 Å². The molecule has 0 saturated heterocycles. The molecule has 0 bridgehead atoms. The molecular weight excluding hydrogens is 1670 g/mol. The molecule has 0 spiro atoms. The first-order valence-electron chi connectivity index (χ1n) is 54.6. The minimum absolute atomic E-state index is 0.733. The SMILES string of the molecule is c1ccc(-c2ccc(N(c3ccc(C4CCCCC4)cc3)c3ccc(C4CCCCC4)cc3)cc2)cc1.c1ccc(N(c2ccc(C3CCCCC3)cc2)c2ccc(C3CCCCC3)cc2)cc1.c1ccc2c(N(c3ccc(C4CCCCC4)cc3)c3ccc(C4CCCCC4)cc3)cccc2c1.c1ccc2cc(N(c3ccc(C4CCCCC4)cc3)c3ccc(C4CCCCC4)cc3)ccc2c1. The third kappa shape index (κ3) is 23.4. The highest BCUT2D eigenvalue weighted by molar-refractivity contribution is 5.99. The van der Waals surface area contributed by atoms with E-state index in [-0.39, 0.29) is 0 Å². The zero-order valence-corrected chi connectivity index (χ0v) is 82.3. The van der Waals surface area contributed by atoms with Gasteiger partial charge in [-0.05, 0) is 361 Å². The fourth-order valence-electron chi connectivity index (χ4n) is 25.2. The van der Waals surface area contributed by atoms with Gasteiger partial charge in [0.25, 0.3) is 0 Å². The Kier molecular flexibility index (Phi) is 32.0. The van der Waals surface area contributed by atoms with Gasteiger partial charge in [0, 0.05) is 67.9 Å². The van der Waals surface area contributed by atoms with Gasteiger partial charge in [-0.2, -0.15) is 0 Å². The zero-order valence-electron chi connectivity index (χ0n) is 82.3. The molecule has 4 nitrogen and oxygen atoms in total. The van der Waals surface area contributed by atoms with Crippen LogP contribution in [0.15, 0.2) is 364 Å². The van der Waals surface area contributed by atoms with Gasteiger partial charge in [-0.1, -0.05) is 379 Å². The van der Waals surface area contributed by atoms with Crippen LogP contribution in [0, 0.1) is 0 Å². The Morgan fingerprint density at radius 2 is 0.333 bits per heavy atom. The summed E-state index contributed by atoms with van der Waals surface area (Å²) in [5.74, 6) is 5.92. The van der Waals surface area contributed by atoms with Crippen molar-refractivity contribution in [2.24, 2.45) is 0 Å². The van der Waals surface area contributed by atoms with Gasteiger partial charge in [0.15, 0.2) is 0 Å². The van der Waals surface area contributed by atoms with Gasteiger partial charge in [-0.3, -0.25) is 0 Å². The molecule has 0 N–H and O–H groups in total. The highest BCUT2D eigenvalue weighted by Crippen LogP contribution is 2.49. The topological polar surface area (TPSA) is 13.0 Å². The molecular formula is C134H148N4. The average molecular weight is 1810 g/mol. The molecule has 0 amide bonds. The van der Waals surface area contributed by atoms with E-state index in [1.807, 2.05) is 0 Å². The van der Waals surface area contributed by atoms with E-state index >= 15 is 0 Å². The second-order valence-corrected chi connectivity index (χ2v) is 42.0. The normalized spacial score (nSPS) is 17.5. The lowest BCUT2D eigenvalue weighted by Gasteiger charge is -2.29. The summed E-state index contributed by atoms with van der Waals surface area (Å²) < 4.78 is 0. The molecule has 23 rings (SSSR count). The molecule has 15 aromatic carbocycles. The van der Waals surface area contributed by atoms with E-state index in [0.29, 0.717) is 0 Å². The van der Waals surface area contributed by atoms with E-state index in [1.165, 1.54) is 402 Å². The van der Waals surface area contributed by atoms with Crippen LogP contribution in [-0.2, 0) is 0 Å². The van der Waals surface area contributed by atoms with Crippen molar-refractivity contribution in [3.63, 3.8) is 0 Å². The van der Waals surface area contributed by atoms with Crippen molar-refractivity contribution in [1.82, 2.24) is 0 Å². The molecule has 8 aliphatic rings. The van der Waals surface area contributed by atoms with E-state index < -0.39 is 0 Å². The molecule has 4 heteroatoms. The number of hydrogen-bond acceptors (Lipinski definition) is 4. The molecule has 0 aromatic heterocycles. The Morgan fingerprint density at radius 3 is 0.623 bits per heavy atom. The van der Waals surface area contributed by atoms with Gasteiger partial charge in [0.1, 0.15) is 0 Å². The summed E-state index contributed by atoms with van der Waals surface area (Å²) in [6, 6.07) is 137. The largest absolute Gasteiger partial charge is 0.311 e. The zero-order chi connectivity index (χ0) is 92.6. The van der Waals surface area contributed by atoms with Gasteiger partial charge in [-0.25, -0.2) is 0 Å². The maximum atomic E-state index is 2.46. The van der Waals surface area contributed by atoms with Crippen LogP contribution in [0.1, 0.15) is 349 Å². The van der Waals surface area contributed by atoms with Crippen LogP contribution in [0.3, 0.4) is 0 Å². The Balaban J connectivity index is 0.000000114.